The zero-order valence-corrected chi connectivity index (χ0v) is 8.92. The van der Waals surface area contributed by atoms with E-state index >= 15 is 0 Å². The number of hydrogen-bond acceptors (Lipinski definition) is 3. The number of aliphatic hydroxyl groups is 1. The quantitative estimate of drug-likeness (QED) is 0.578. The number of hydrogen-bond donors (Lipinski definition) is 3. The Kier molecular flexibility index (Phi) is 4.35. The van der Waals surface area contributed by atoms with Gasteiger partial charge in [-0.1, -0.05) is 13.8 Å². The Hall–Kier alpha value is -0.610. The maximum atomic E-state index is 11.6. The Bertz CT molecular complexity index is 197. The molecule has 1 amide bonds. The number of rotatable bonds is 4. The van der Waals surface area contributed by atoms with Gasteiger partial charge in [0, 0.05) is 19.7 Å². The normalized spacial score (nSPS) is 28.8. The number of nitrogens with one attached hydrogen (secondary N) is 2. The van der Waals surface area contributed by atoms with Gasteiger partial charge in [-0.05, 0) is 18.4 Å². The van der Waals surface area contributed by atoms with E-state index in [0.717, 1.165) is 13.1 Å². The molecular weight excluding hydrogens is 180 g/mol. The van der Waals surface area contributed by atoms with E-state index in [4.69, 9.17) is 5.11 Å². The lowest BCUT2D eigenvalue weighted by atomic mass is 9.97. The lowest BCUT2D eigenvalue weighted by Crippen LogP contribution is -2.37. The summed E-state index contributed by atoms with van der Waals surface area (Å²) < 4.78 is 0. The van der Waals surface area contributed by atoms with Crippen molar-refractivity contribution in [1.82, 2.24) is 10.6 Å². The summed E-state index contributed by atoms with van der Waals surface area (Å²) in [6.45, 7) is 6.39. The van der Waals surface area contributed by atoms with Crippen molar-refractivity contribution in [3.63, 3.8) is 0 Å². The van der Waals surface area contributed by atoms with E-state index in [1.165, 1.54) is 0 Å². The van der Waals surface area contributed by atoms with Gasteiger partial charge in [-0.2, -0.15) is 0 Å². The Morgan fingerprint density at radius 2 is 2.36 bits per heavy atom. The average Bonchev–Trinajstić information content (AvgIpc) is 2.60. The average molecular weight is 200 g/mol. The lowest BCUT2D eigenvalue weighted by Gasteiger charge is -2.15. The molecule has 1 rings (SSSR count). The SMILES string of the molecule is CC(CO)CNC(=O)C1CNCC1C. The van der Waals surface area contributed by atoms with E-state index in [1.807, 2.05) is 6.92 Å². The van der Waals surface area contributed by atoms with Crippen molar-refractivity contribution < 1.29 is 9.90 Å². The minimum absolute atomic E-state index is 0.0980. The fourth-order valence-corrected chi connectivity index (χ4v) is 1.63. The summed E-state index contributed by atoms with van der Waals surface area (Å²) >= 11 is 0. The van der Waals surface area contributed by atoms with Crippen LogP contribution in [0.25, 0.3) is 0 Å². The van der Waals surface area contributed by atoms with Crippen LogP contribution in [0.1, 0.15) is 13.8 Å². The van der Waals surface area contributed by atoms with Gasteiger partial charge in [0.2, 0.25) is 5.91 Å². The third-order valence-corrected chi connectivity index (χ3v) is 2.79. The molecule has 1 fully saturated rings. The zero-order valence-electron chi connectivity index (χ0n) is 8.92. The first-order valence-corrected chi connectivity index (χ1v) is 5.24. The first-order chi connectivity index (χ1) is 6.65. The van der Waals surface area contributed by atoms with Crippen molar-refractivity contribution >= 4 is 5.91 Å². The summed E-state index contributed by atoms with van der Waals surface area (Å²) in [6, 6.07) is 0. The second kappa shape index (κ2) is 5.32. The maximum Gasteiger partial charge on any atom is 0.224 e. The van der Waals surface area contributed by atoms with Crippen molar-refractivity contribution in [3.8, 4) is 0 Å². The molecule has 3 atom stereocenters. The van der Waals surface area contributed by atoms with Gasteiger partial charge < -0.3 is 15.7 Å². The summed E-state index contributed by atoms with van der Waals surface area (Å²) in [4.78, 5) is 11.6. The van der Waals surface area contributed by atoms with Crippen molar-refractivity contribution in [2.75, 3.05) is 26.2 Å². The van der Waals surface area contributed by atoms with Gasteiger partial charge in [0.05, 0.1) is 5.92 Å². The van der Waals surface area contributed by atoms with Gasteiger partial charge in [0.15, 0.2) is 0 Å². The highest BCUT2D eigenvalue weighted by atomic mass is 16.3. The summed E-state index contributed by atoms with van der Waals surface area (Å²) in [5.74, 6) is 0.770. The third-order valence-electron chi connectivity index (χ3n) is 2.79. The van der Waals surface area contributed by atoms with Gasteiger partial charge in [-0.25, -0.2) is 0 Å². The highest BCUT2D eigenvalue weighted by Crippen LogP contribution is 2.15. The smallest absolute Gasteiger partial charge is 0.224 e. The maximum absolute atomic E-state index is 11.6. The second-order valence-corrected chi connectivity index (χ2v) is 4.27. The Morgan fingerprint density at radius 3 is 2.86 bits per heavy atom. The molecular formula is C10H20N2O2. The predicted molar refractivity (Wildman–Crippen MR) is 54.8 cm³/mol. The molecule has 0 aliphatic carbocycles. The van der Waals surface area contributed by atoms with Crippen LogP contribution in [0.4, 0.5) is 0 Å². The molecule has 4 heteroatoms. The molecule has 0 aromatic carbocycles. The molecule has 0 aromatic rings. The summed E-state index contributed by atoms with van der Waals surface area (Å²) in [5, 5.41) is 14.9. The largest absolute Gasteiger partial charge is 0.396 e. The number of carbonyl (C=O) groups excluding carboxylic acids is 1. The molecule has 0 saturated carbocycles. The number of aliphatic hydroxyl groups excluding tert-OH is 1. The molecule has 1 heterocycles. The Morgan fingerprint density at radius 1 is 1.64 bits per heavy atom. The number of carbonyl (C=O) groups is 1. The van der Waals surface area contributed by atoms with Crippen LogP contribution < -0.4 is 10.6 Å². The molecule has 1 aliphatic rings. The van der Waals surface area contributed by atoms with E-state index in [1.54, 1.807) is 0 Å². The molecule has 14 heavy (non-hydrogen) atoms. The fourth-order valence-electron chi connectivity index (χ4n) is 1.63. The molecule has 0 radical (unpaired) electrons. The lowest BCUT2D eigenvalue weighted by molar-refractivity contribution is -0.125. The highest BCUT2D eigenvalue weighted by Gasteiger charge is 2.29. The molecule has 82 valence electrons. The van der Waals surface area contributed by atoms with Gasteiger partial charge in [0.1, 0.15) is 0 Å². The molecule has 3 unspecified atom stereocenters. The monoisotopic (exact) mass is 200 g/mol. The van der Waals surface area contributed by atoms with E-state index < -0.39 is 0 Å². The highest BCUT2D eigenvalue weighted by molar-refractivity contribution is 5.79. The van der Waals surface area contributed by atoms with Crippen LogP contribution in [-0.4, -0.2) is 37.3 Å². The predicted octanol–water partition coefficient (Wildman–Crippen LogP) is -0.413. The van der Waals surface area contributed by atoms with E-state index in [-0.39, 0.29) is 24.3 Å². The fraction of sp³-hybridized carbons (Fsp3) is 0.900. The van der Waals surface area contributed by atoms with Gasteiger partial charge in [-0.3, -0.25) is 4.79 Å². The van der Waals surface area contributed by atoms with Crippen LogP contribution in [-0.2, 0) is 4.79 Å². The van der Waals surface area contributed by atoms with Crippen LogP contribution in [0.15, 0.2) is 0 Å². The molecule has 0 bridgehead atoms. The summed E-state index contributed by atoms with van der Waals surface area (Å²) in [5.41, 5.74) is 0. The van der Waals surface area contributed by atoms with E-state index in [9.17, 15) is 4.79 Å². The zero-order chi connectivity index (χ0) is 10.6. The number of amides is 1. The molecule has 3 N–H and O–H groups in total. The molecule has 4 nitrogen and oxygen atoms in total. The minimum atomic E-state index is 0.0980. The van der Waals surface area contributed by atoms with Gasteiger partial charge in [-0.15, -0.1) is 0 Å². The van der Waals surface area contributed by atoms with Crippen LogP contribution in [0.2, 0.25) is 0 Å². The minimum Gasteiger partial charge on any atom is -0.396 e. The van der Waals surface area contributed by atoms with Gasteiger partial charge in [0.25, 0.3) is 0 Å². The van der Waals surface area contributed by atoms with Crippen LogP contribution in [0.5, 0.6) is 0 Å². The van der Waals surface area contributed by atoms with Gasteiger partial charge >= 0.3 is 0 Å². The summed E-state index contributed by atoms with van der Waals surface area (Å²) in [7, 11) is 0. The second-order valence-electron chi connectivity index (χ2n) is 4.27. The topological polar surface area (TPSA) is 61.4 Å². The van der Waals surface area contributed by atoms with Crippen LogP contribution in [0.3, 0.4) is 0 Å². The van der Waals surface area contributed by atoms with Crippen molar-refractivity contribution in [3.05, 3.63) is 0 Å². The summed E-state index contributed by atoms with van der Waals surface area (Å²) in [6.07, 6.45) is 0. The molecule has 1 aliphatic heterocycles. The van der Waals surface area contributed by atoms with Crippen molar-refractivity contribution in [2.24, 2.45) is 17.8 Å². The third kappa shape index (κ3) is 2.96. The molecule has 1 saturated heterocycles. The first-order valence-electron chi connectivity index (χ1n) is 5.24. The van der Waals surface area contributed by atoms with Crippen molar-refractivity contribution in [2.45, 2.75) is 13.8 Å². The van der Waals surface area contributed by atoms with Crippen molar-refractivity contribution in [1.29, 1.82) is 0 Å². The van der Waals surface area contributed by atoms with Crippen LogP contribution in [0, 0.1) is 17.8 Å². The Balaban J connectivity index is 2.27. The first kappa shape index (κ1) is 11.5. The van der Waals surface area contributed by atoms with E-state index in [0.29, 0.717) is 12.5 Å². The molecule has 0 aromatic heterocycles. The van der Waals surface area contributed by atoms with Crippen LogP contribution >= 0.6 is 0 Å². The Labute approximate surface area is 85.1 Å². The molecule has 0 spiro atoms. The van der Waals surface area contributed by atoms with E-state index in [2.05, 4.69) is 17.6 Å². The standard InChI is InChI=1S/C10H20N2O2/c1-7(6-13)3-12-10(14)9-5-11-4-8(9)2/h7-9,11,13H,3-6H2,1-2H3,(H,12,14).